The minimum Gasteiger partial charge on any atom is -0.388 e. The third-order valence-electron chi connectivity index (χ3n) is 2.62. The van der Waals surface area contributed by atoms with Crippen LogP contribution < -0.4 is 5.73 Å². The van der Waals surface area contributed by atoms with Gasteiger partial charge in [-0.3, -0.25) is 9.89 Å². The first kappa shape index (κ1) is 10.5. The van der Waals surface area contributed by atoms with E-state index in [9.17, 15) is 0 Å². The molecule has 13 heavy (non-hydrogen) atoms. The van der Waals surface area contributed by atoms with Gasteiger partial charge in [-0.15, -0.1) is 0 Å². The van der Waals surface area contributed by atoms with E-state index < -0.39 is 0 Å². The summed E-state index contributed by atoms with van der Waals surface area (Å²) in [5.74, 6) is 0.698. The Labute approximate surface area is 81.0 Å². The van der Waals surface area contributed by atoms with E-state index in [2.05, 4.69) is 16.8 Å². The molecule has 3 nitrogen and oxygen atoms in total. The maximum Gasteiger partial charge on any atom is 0.0906 e. The second-order valence-electron chi connectivity index (χ2n) is 3.93. The Morgan fingerprint density at radius 3 is 2.54 bits per heavy atom. The fourth-order valence-corrected chi connectivity index (χ4v) is 1.75. The highest BCUT2D eigenvalue weighted by atomic mass is 15.2. The smallest absolute Gasteiger partial charge is 0.0906 e. The molecule has 1 unspecified atom stereocenters. The van der Waals surface area contributed by atoms with Crippen molar-refractivity contribution in [2.45, 2.75) is 39.2 Å². The third-order valence-corrected chi connectivity index (χ3v) is 2.62. The van der Waals surface area contributed by atoms with Crippen LogP contribution in [0.4, 0.5) is 0 Å². The summed E-state index contributed by atoms with van der Waals surface area (Å²) in [6.07, 6.45) is 4.08. The van der Waals surface area contributed by atoms with Crippen LogP contribution in [0.15, 0.2) is 4.99 Å². The lowest BCUT2D eigenvalue weighted by Crippen LogP contribution is -2.39. The zero-order chi connectivity index (χ0) is 9.68. The lowest BCUT2D eigenvalue weighted by Gasteiger charge is -2.31. The fourth-order valence-electron chi connectivity index (χ4n) is 1.75. The summed E-state index contributed by atoms with van der Waals surface area (Å²) in [5.41, 5.74) is 5.50. The molecule has 2 N–H and O–H groups in total. The van der Waals surface area contributed by atoms with Gasteiger partial charge >= 0.3 is 0 Å². The van der Waals surface area contributed by atoms with E-state index in [4.69, 9.17) is 5.73 Å². The summed E-state index contributed by atoms with van der Waals surface area (Å²) in [7, 11) is 0. The van der Waals surface area contributed by atoms with Crippen molar-refractivity contribution in [2.75, 3.05) is 19.6 Å². The number of nitrogens with two attached hydrogens (primary N) is 1. The Balaban J connectivity index is 2.28. The molecule has 0 aromatic rings. The molecular weight excluding hydrogens is 162 g/mol. The van der Waals surface area contributed by atoms with Crippen molar-refractivity contribution in [2.24, 2.45) is 10.7 Å². The summed E-state index contributed by atoms with van der Waals surface area (Å²) in [6.45, 7) is 7.41. The van der Waals surface area contributed by atoms with Crippen molar-refractivity contribution in [1.29, 1.82) is 0 Å². The molecule has 0 saturated carbocycles. The number of rotatable bonds is 3. The quantitative estimate of drug-likeness (QED) is 0.528. The Hall–Kier alpha value is -0.570. The summed E-state index contributed by atoms with van der Waals surface area (Å²) in [5, 5.41) is 0. The summed E-state index contributed by atoms with van der Waals surface area (Å²) in [6, 6.07) is 0.554. The monoisotopic (exact) mass is 183 g/mol. The summed E-state index contributed by atoms with van der Waals surface area (Å²) >= 11 is 0. The molecule has 1 heterocycles. The fraction of sp³-hybridized carbons (Fsp3) is 0.900. The number of piperidine rings is 1. The number of hydrogen-bond donors (Lipinski definition) is 1. The van der Waals surface area contributed by atoms with Crippen LogP contribution in [-0.4, -0.2) is 36.4 Å². The molecule has 0 aliphatic carbocycles. The maximum atomic E-state index is 5.50. The van der Waals surface area contributed by atoms with Crippen molar-refractivity contribution in [1.82, 2.24) is 4.90 Å². The van der Waals surface area contributed by atoms with Crippen molar-refractivity contribution < 1.29 is 0 Å². The number of nitrogens with zero attached hydrogens (tertiary/aromatic N) is 2. The van der Waals surface area contributed by atoms with Crippen molar-refractivity contribution >= 4 is 5.84 Å². The largest absolute Gasteiger partial charge is 0.388 e. The molecule has 0 aromatic carbocycles. The topological polar surface area (TPSA) is 41.6 Å². The predicted octanol–water partition coefficient (Wildman–Crippen LogP) is 1.24. The Morgan fingerprint density at radius 2 is 2.00 bits per heavy atom. The van der Waals surface area contributed by atoms with E-state index in [0.29, 0.717) is 11.9 Å². The van der Waals surface area contributed by atoms with Crippen LogP contribution >= 0.6 is 0 Å². The summed E-state index contributed by atoms with van der Waals surface area (Å²) in [4.78, 5) is 6.76. The van der Waals surface area contributed by atoms with Crippen molar-refractivity contribution in [3.8, 4) is 0 Å². The molecule has 0 amide bonds. The van der Waals surface area contributed by atoms with Crippen LogP contribution in [0.5, 0.6) is 0 Å². The van der Waals surface area contributed by atoms with Crippen LogP contribution in [-0.2, 0) is 0 Å². The third kappa shape index (κ3) is 3.77. The normalized spacial score (nSPS) is 23.1. The minimum atomic E-state index is 0.554. The molecule has 0 bridgehead atoms. The molecule has 0 aromatic heterocycles. The van der Waals surface area contributed by atoms with Gasteiger partial charge in [-0.2, -0.15) is 0 Å². The Morgan fingerprint density at radius 1 is 1.38 bits per heavy atom. The van der Waals surface area contributed by atoms with Gasteiger partial charge in [0.05, 0.1) is 12.4 Å². The molecule has 1 fully saturated rings. The predicted molar refractivity (Wildman–Crippen MR) is 57.0 cm³/mol. The minimum absolute atomic E-state index is 0.554. The summed E-state index contributed by atoms with van der Waals surface area (Å²) < 4.78 is 0. The van der Waals surface area contributed by atoms with E-state index in [1.54, 1.807) is 0 Å². The van der Waals surface area contributed by atoms with E-state index in [1.165, 1.54) is 32.4 Å². The van der Waals surface area contributed by atoms with Crippen molar-refractivity contribution in [3.05, 3.63) is 0 Å². The Bertz CT molecular complexity index is 167. The highest BCUT2D eigenvalue weighted by Gasteiger charge is 2.15. The van der Waals surface area contributed by atoms with Gasteiger partial charge in [0.25, 0.3) is 0 Å². The highest BCUT2D eigenvalue weighted by Crippen LogP contribution is 2.11. The Kier molecular flexibility index (Phi) is 4.22. The van der Waals surface area contributed by atoms with E-state index in [1.807, 2.05) is 6.92 Å². The number of amidine groups is 1. The second kappa shape index (κ2) is 5.22. The molecule has 1 aliphatic heterocycles. The van der Waals surface area contributed by atoms with Gasteiger partial charge in [-0.25, -0.2) is 0 Å². The number of hydrogen-bond acceptors (Lipinski definition) is 2. The van der Waals surface area contributed by atoms with E-state index >= 15 is 0 Å². The lowest BCUT2D eigenvalue weighted by molar-refractivity contribution is 0.178. The average molecular weight is 183 g/mol. The van der Waals surface area contributed by atoms with Gasteiger partial charge in [0.1, 0.15) is 0 Å². The first-order valence-corrected chi connectivity index (χ1v) is 5.20. The first-order valence-electron chi connectivity index (χ1n) is 5.20. The number of aliphatic imine (C=N–C) groups is 1. The van der Waals surface area contributed by atoms with Gasteiger partial charge in [-0.05, 0) is 39.8 Å². The van der Waals surface area contributed by atoms with E-state index in [-0.39, 0.29) is 0 Å². The van der Waals surface area contributed by atoms with Gasteiger partial charge in [-0.1, -0.05) is 6.42 Å². The van der Waals surface area contributed by atoms with Gasteiger partial charge in [0, 0.05) is 6.04 Å². The molecule has 1 rings (SSSR count). The molecule has 0 radical (unpaired) electrons. The van der Waals surface area contributed by atoms with Crippen LogP contribution in [0.2, 0.25) is 0 Å². The SMILES string of the molecule is CC(N)=NCC(C)N1CCCCC1. The van der Waals surface area contributed by atoms with Crippen LogP contribution in [0, 0.1) is 0 Å². The average Bonchev–Trinajstić information content (AvgIpc) is 2.15. The second-order valence-corrected chi connectivity index (χ2v) is 3.93. The molecular formula is C10H21N3. The molecule has 1 atom stereocenters. The highest BCUT2D eigenvalue weighted by molar-refractivity contribution is 5.77. The zero-order valence-electron chi connectivity index (χ0n) is 8.79. The molecule has 3 heteroatoms. The number of likely N-dealkylation sites (tertiary alicyclic amines) is 1. The van der Waals surface area contributed by atoms with Gasteiger partial charge in [0.2, 0.25) is 0 Å². The van der Waals surface area contributed by atoms with Gasteiger partial charge in [0.15, 0.2) is 0 Å². The maximum absolute atomic E-state index is 5.50. The van der Waals surface area contributed by atoms with Crippen LogP contribution in [0.1, 0.15) is 33.1 Å². The van der Waals surface area contributed by atoms with Crippen LogP contribution in [0.25, 0.3) is 0 Å². The van der Waals surface area contributed by atoms with Crippen LogP contribution in [0.3, 0.4) is 0 Å². The first-order chi connectivity index (χ1) is 6.20. The zero-order valence-corrected chi connectivity index (χ0v) is 8.79. The molecule has 1 saturated heterocycles. The molecule has 0 spiro atoms. The lowest BCUT2D eigenvalue weighted by atomic mass is 10.1. The van der Waals surface area contributed by atoms with E-state index in [0.717, 1.165) is 6.54 Å². The van der Waals surface area contributed by atoms with Gasteiger partial charge < -0.3 is 5.73 Å². The standard InChI is InChI=1S/C10H21N3/c1-9(8-12-10(2)11)13-6-4-3-5-7-13/h9H,3-8H2,1-2H3,(H2,11,12). The molecule has 76 valence electrons. The van der Waals surface area contributed by atoms with Crippen molar-refractivity contribution in [3.63, 3.8) is 0 Å². The molecule has 1 aliphatic rings.